The summed E-state index contributed by atoms with van der Waals surface area (Å²) in [5, 5.41) is 20.2. The molecule has 0 aliphatic carbocycles. The van der Waals surface area contributed by atoms with Crippen molar-refractivity contribution in [2.24, 2.45) is 0 Å². The van der Waals surface area contributed by atoms with Crippen LogP contribution in [0.4, 0.5) is 17.1 Å². The quantitative estimate of drug-likeness (QED) is 0.302. The van der Waals surface area contributed by atoms with Crippen LogP contribution in [0.15, 0.2) is 58.1 Å². The number of phenols is 1. The lowest BCUT2D eigenvalue weighted by molar-refractivity contribution is -0.0365. The Kier molecular flexibility index (Phi) is 6.27. The molecule has 0 spiro atoms. The fraction of sp³-hybridized carbons (Fsp3) is 0.346. The summed E-state index contributed by atoms with van der Waals surface area (Å²) < 4.78 is 5.74. The van der Waals surface area contributed by atoms with Gasteiger partial charge in [0.05, 0.1) is 36.0 Å². The van der Waals surface area contributed by atoms with Crippen LogP contribution in [0, 0.1) is 0 Å². The van der Waals surface area contributed by atoms with Crippen LogP contribution in [-0.2, 0) is 4.74 Å². The second kappa shape index (κ2) is 9.52. The molecule has 9 heteroatoms. The number of anilines is 3. The molecule has 0 bridgehead atoms. The number of fused-ring (bicyclic) bond motifs is 1. The number of hydrogen-bond acceptors (Lipinski definition) is 8. The number of phenolic OH excluding ortho intramolecular Hbond substituents is 1. The fourth-order valence-electron chi connectivity index (χ4n) is 4.88. The molecule has 2 aliphatic rings. The Morgan fingerprint density at radius 1 is 1.11 bits per heavy atom. The molecule has 5 rings (SSSR count). The van der Waals surface area contributed by atoms with Gasteiger partial charge in [0.1, 0.15) is 11.4 Å². The zero-order valence-corrected chi connectivity index (χ0v) is 19.4. The lowest BCUT2D eigenvalue weighted by Gasteiger charge is -2.37. The van der Waals surface area contributed by atoms with Crippen LogP contribution in [0.5, 0.6) is 5.75 Å². The van der Waals surface area contributed by atoms with Gasteiger partial charge in [-0.25, -0.2) is 0 Å². The zero-order chi connectivity index (χ0) is 24.5. The van der Waals surface area contributed by atoms with Crippen molar-refractivity contribution in [3.05, 3.63) is 80.1 Å². The Morgan fingerprint density at radius 2 is 1.89 bits per heavy atom. The standard InChI is InChI=1S/C26H28N4O5/c1-2-17(15-7-4-3-5-8-15)28-21-22(25(33)24(21)32)29-18-10-6-9-16(23(18)31)26(34)30-11-12-35-20-14-27-13-19(20)30/h3-10,17,19-20,27-29,31H,2,11-14H2,1H3/t17-,19-,20-/m1/s1. The van der Waals surface area contributed by atoms with E-state index >= 15 is 0 Å². The minimum absolute atomic E-state index is 0.0651. The van der Waals surface area contributed by atoms with Gasteiger partial charge in [-0.3, -0.25) is 14.4 Å². The highest BCUT2D eigenvalue weighted by Gasteiger charge is 2.39. The van der Waals surface area contributed by atoms with Crippen molar-refractivity contribution in [1.29, 1.82) is 0 Å². The van der Waals surface area contributed by atoms with Gasteiger partial charge < -0.3 is 30.7 Å². The zero-order valence-electron chi connectivity index (χ0n) is 19.4. The number of hydrogen-bond donors (Lipinski definition) is 4. The minimum atomic E-state index is -0.667. The van der Waals surface area contributed by atoms with Gasteiger partial charge in [-0.1, -0.05) is 43.3 Å². The van der Waals surface area contributed by atoms with E-state index in [4.69, 9.17) is 4.74 Å². The number of morpholine rings is 1. The van der Waals surface area contributed by atoms with Crippen LogP contribution in [-0.4, -0.2) is 54.3 Å². The summed E-state index contributed by atoms with van der Waals surface area (Å²) in [6, 6.07) is 14.2. The van der Waals surface area contributed by atoms with E-state index in [9.17, 15) is 19.5 Å². The number of amides is 1. The van der Waals surface area contributed by atoms with E-state index in [1.165, 1.54) is 0 Å². The number of rotatable bonds is 7. The topological polar surface area (TPSA) is 120 Å². The maximum absolute atomic E-state index is 13.3. The Bertz CT molecular complexity index is 1300. The van der Waals surface area contributed by atoms with Crippen molar-refractivity contribution in [1.82, 2.24) is 10.2 Å². The third-order valence-electron chi connectivity index (χ3n) is 6.82. The van der Waals surface area contributed by atoms with E-state index in [0.717, 1.165) is 5.56 Å². The maximum atomic E-state index is 13.3. The molecule has 0 unspecified atom stereocenters. The predicted octanol–water partition coefficient (Wildman–Crippen LogP) is 2.11. The first kappa shape index (κ1) is 23.1. The molecule has 3 atom stereocenters. The highest BCUT2D eigenvalue weighted by molar-refractivity contribution is 5.99. The van der Waals surface area contributed by atoms with E-state index < -0.39 is 10.9 Å². The summed E-state index contributed by atoms with van der Waals surface area (Å²) in [5.74, 6) is -0.563. The Labute approximate surface area is 202 Å². The maximum Gasteiger partial charge on any atom is 0.258 e. The molecule has 35 heavy (non-hydrogen) atoms. The Hall–Kier alpha value is -3.69. The van der Waals surface area contributed by atoms with Crippen LogP contribution in [0.3, 0.4) is 0 Å². The van der Waals surface area contributed by atoms with Crippen LogP contribution < -0.4 is 26.8 Å². The lowest BCUT2D eigenvalue weighted by atomic mass is 10.0. The molecule has 2 heterocycles. The molecule has 3 aromatic carbocycles. The summed E-state index contributed by atoms with van der Waals surface area (Å²) in [7, 11) is 0. The molecule has 0 saturated carbocycles. The molecular weight excluding hydrogens is 448 g/mol. The number of ether oxygens (including phenoxy) is 1. The molecule has 0 aromatic heterocycles. The third kappa shape index (κ3) is 4.17. The van der Waals surface area contributed by atoms with Crippen molar-refractivity contribution in [2.45, 2.75) is 31.5 Å². The van der Waals surface area contributed by atoms with Crippen molar-refractivity contribution in [2.75, 3.05) is 36.9 Å². The lowest BCUT2D eigenvalue weighted by Crippen LogP contribution is -2.53. The van der Waals surface area contributed by atoms with E-state index in [0.29, 0.717) is 32.7 Å². The number of aromatic hydroxyl groups is 1. The smallest absolute Gasteiger partial charge is 0.258 e. The summed E-state index contributed by atoms with van der Waals surface area (Å²) >= 11 is 0. The van der Waals surface area contributed by atoms with Crippen LogP contribution in [0.25, 0.3) is 0 Å². The first-order valence-corrected chi connectivity index (χ1v) is 11.9. The number of carbonyl (C=O) groups excluding carboxylic acids is 1. The van der Waals surface area contributed by atoms with Crippen LogP contribution >= 0.6 is 0 Å². The summed E-state index contributed by atoms with van der Waals surface area (Å²) in [6.45, 7) is 4.17. The van der Waals surface area contributed by atoms with E-state index in [1.807, 2.05) is 37.3 Å². The first-order chi connectivity index (χ1) is 17.0. The SMILES string of the molecule is CC[C@@H](Nc1c(Nc2cccc(C(=O)N3CCO[C@@H]4CNC[C@H]43)c2O)c(=O)c1=O)c1ccccc1. The van der Waals surface area contributed by atoms with Crippen molar-refractivity contribution >= 4 is 23.0 Å². The van der Waals surface area contributed by atoms with Gasteiger partial charge in [0.2, 0.25) is 0 Å². The highest BCUT2D eigenvalue weighted by atomic mass is 16.5. The van der Waals surface area contributed by atoms with Gasteiger partial charge in [0, 0.05) is 19.6 Å². The van der Waals surface area contributed by atoms with Crippen molar-refractivity contribution < 1.29 is 14.6 Å². The monoisotopic (exact) mass is 476 g/mol. The highest BCUT2D eigenvalue weighted by Crippen LogP contribution is 2.34. The van der Waals surface area contributed by atoms with Gasteiger partial charge in [-0.15, -0.1) is 0 Å². The molecular formula is C26H28N4O5. The van der Waals surface area contributed by atoms with Gasteiger partial charge >= 0.3 is 0 Å². The Balaban J connectivity index is 1.39. The first-order valence-electron chi connectivity index (χ1n) is 11.9. The van der Waals surface area contributed by atoms with E-state index in [1.54, 1.807) is 23.1 Å². The second-order valence-electron chi connectivity index (χ2n) is 8.88. The average Bonchev–Trinajstić information content (AvgIpc) is 3.38. The molecule has 2 aliphatic heterocycles. The van der Waals surface area contributed by atoms with Gasteiger partial charge in [0.15, 0.2) is 5.75 Å². The van der Waals surface area contributed by atoms with Crippen molar-refractivity contribution in [3.63, 3.8) is 0 Å². The van der Waals surface area contributed by atoms with Crippen LogP contribution in [0.2, 0.25) is 0 Å². The minimum Gasteiger partial charge on any atom is -0.505 e. The molecule has 0 radical (unpaired) electrons. The van der Waals surface area contributed by atoms with E-state index in [-0.39, 0.29) is 52.5 Å². The average molecular weight is 477 g/mol. The fourth-order valence-corrected chi connectivity index (χ4v) is 4.88. The summed E-state index contributed by atoms with van der Waals surface area (Å²) in [6.07, 6.45) is 0.637. The molecule has 182 valence electrons. The normalized spacial score (nSPS) is 20.4. The summed E-state index contributed by atoms with van der Waals surface area (Å²) in [5.41, 5.74) is 0.293. The van der Waals surface area contributed by atoms with Crippen LogP contribution in [0.1, 0.15) is 35.3 Å². The number of nitrogens with zero attached hydrogens (tertiary/aromatic N) is 1. The summed E-state index contributed by atoms with van der Waals surface area (Å²) in [4.78, 5) is 39.8. The van der Waals surface area contributed by atoms with Gasteiger partial charge in [-0.05, 0) is 24.1 Å². The third-order valence-corrected chi connectivity index (χ3v) is 6.82. The number of para-hydroxylation sites is 1. The van der Waals surface area contributed by atoms with E-state index in [2.05, 4.69) is 16.0 Å². The molecule has 1 amide bonds. The second-order valence-corrected chi connectivity index (χ2v) is 8.88. The number of carbonyl (C=O) groups is 1. The van der Waals surface area contributed by atoms with Gasteiger partial charge in [0.25, 0.3) is 16.8 Å². The predicted molar refractivity (Wildman–Crippen MR) is 133 cm³/mol. The number of benzene rings is 2. The molecule has 4 N–H and O–H groups in total. The largest absolute Gasteiger partial charge is 0.505 e. The molecule has 2 saturated heterocycles. The van der Waals surface area contributed by atoms with Gasteiger partial charge in [-0.2, -0.15) is 0 Å². The number of nitrogens with one attached hydrogen (secondary N) is 3. The molecule has 9 nitrogen and oxygen atoms in total. The molecule has 3 aromatic rings. The Morgan fingerprint density at radius 3 is 2.66 bits per heavy atom. The van der Waals surface area contributed by atoms with Crippen molar-refractivity contribution in [3.8, 4) is 5.75 Å². The molecule has 2 fully saturated rings.